The van der Waals surface area contributed by atoms with Crippen molar-refractivity contribution in [2.24, 2.45) is 12.0 Å². The second-order valence-corrected chi connectivity index (χ2v) is 7.66. The molecule has 0 bridgehead atoms. The first-order chi connectivity index (χ1) is 14.2. The highest BCUT2D eigenvalue weighted by atomic mass is 16.5. The van der Waals surface area contributed by atoms with Gasteiger partial charge >= 0.3 is 0 Å². The van der Waals surface area contributed by atoms with Crippen LogP contribution < -0.4 is 20.1 Å². The minimum Gasteiger partial charge on any atom is -0.490 e. The summed E-state index contributed by atoms with van der Waals surface area (Å²) in [7, 11) is 1.98. The molecule has 0 unspecified atom stereocenters. The average molecular weight is 399 g/mol. The average Bonchev–Trinajstić information content (AvgIpc) is 3.27. The van der Waals surface area contributed by atoms with Gasteiger partial charge in [0, 0.05) is 25.1 Å². The molecule has 1 aromatic heterocycles. The summed E-state index contributed by atoms with van der Waals surface area (Å²) in [5.41, 5.74) is 1.03. The smallest absolute Gasteiger partial charge is 0.192 e. The second-order valence-electron chi connectivity index (χ2n) is 7.66. The van der Waals surface area contributed by atoms with E-state index in [2.05, 4.69) is 26.9 Å². The first-order valence-corrected chi connectivity index (χ1v) is 10.5. The van der Waals surface area contributed by atoms with Crippen LogP contribution in [0.1, 0.15) is 49.3 Å². The van der Waals surface area contributed by atoms with Gasteiger partial charge in [-0.05, 0) is 25.8 Å². The number of para-hydroxylation sites is 1. The fourth-order valence-corrected chi connectivity index (χ4v) is 3.73. The number of ether oxygens (including phenoxy) is 2. The van der Waals surface area contributed by atoms with Gasteiger partial charge in [-0.15, -0.1) is 10.2 Å². The Morgan fingerprint density at radius 2 is 2.00 bits per heavy atom. The summed E-state index contributed by atoms with van der Waals surface area (Å²) < 4.78 is 13.7. The second kappa shape index (κ2) is 9.15. The summed E-state index contributed by atoms with van der Waals surface area (Å²) in [6, 6.07) is 6.48. The Morgan fingerprint density at radius 1 is 1.17 bits per heavy atom. The molecular weight excluding hydrogens is 368 g/mol. The van der Waals surface area contributed by atoms with E-state index in [1.165, 1.54) is 25.7 Å². The number of nitrogens with zero attached hydrogens (tertiary/aromatic N) is 4. The molecule has 1 aromatic carbocycles. The third kappa shape index (κ3) is 4.81. The number of fused-ring (bicyclic) bond motifs is 1. The van der Waals surface area contributed by atoms with Crippen molar-refractivity contribution in [3.8, 4) is 11.5 Å². The molecule has 2 heterocycles. The Balaban J connectivity index is 1.49. The van der Waals surface area contributed by atoms with Crippen LogP contribution in [-0.4, -0.2) is 40.0 Å². The lowest BCUT2D eigenvalue weighted by molar-refractivity contribution is 0.296. The molecule has 1 fully saturated rings. The summed E-state index contributed by atoms with van der Waals surface area (Å²) in [6.45, 7) is 4.40. The van der Waals surface area contributed by atoms with Gasteiger partial charge in [0.25, 0.3) is 0 Å². The summed E-state index contributed by atoms with van der Waals surface area (Å²) >= 11 is 0. The van der Waals surface area contributed by atoms with Gasteiger partial charge in [-0.2, -0.15) is 0 Å². The Kier molecular flexibility index (Phi) is 6.17. The lowest BCUT2D eigenvalue weighted by Crippen LogP contribution is -2.42. The summed E-state index contributed by atoms with van der Waals surface area (Å²) in [6.07, 6.45) is 5.79. The van der Waals surface area contributed by atoms with E-state index >= 15 is 0 Å². The zero-order valence-electron chi connectivity index (χ0n) is 17.3. The van der Waals surface area contributed by atoms with E-state index < -0.39 is 0 Å². The van der Waals surface area contributed by atoms with Gasteiger partial charge in [0.2, 0.25) is 0 Å². The highest BCUT2D eigenvalue weighted by Crippen LogP contribution is 2.33. The number of benzene rings is 1. The molecule has 0 atom stereocenters. The lowest BCUT2D eigenvalue weighted by Gasteiger charge is -2.18. The predicted molar refractivity (Wildman–Crippen MR) is 111 cm³/mol. The maximum atomic E-state index is 5.94. The Labute approximate surface area is 171 Å². The van der Waals surface area contributed by atoms with Crippen molar-refractivity contribution < 1.29 is 9.47 Å². The molecule has 1 aliphatic carbocycles. The Hall–Kier alpha value is -2.77. The molecule has 8 nitrogen and oxygen atoms in total. The van der Waals surface area contributed by atoms with Crippen LogP contribution in [0.3, 0.4) is 0 Å². The number of guanidine groups is 1. The van der Waals surface area contributed by atoms with Crippen LogP contribution in [0, 0.1) is 6.92 Å². The van der Waals surface area contributed by atoms with Crippen molar-refractivity contribution in [2.75, 3.05) is 13.2 Å². The molecule has 1 aliphatic heterocycles. The molecule has 29 heavy (non-hydrogen) atoms. The number of aryl methyl sites for hydroxylation is 1. The van der Waals surface area contributed by atoms with Gasteiger partial charge in [0.1, 0.15) is 5.82 Å². The van der Waals surface area contributed by atoms with Gasteiger partial charge in [-0.25, -0.2) is 4.99 Å². The van der Waals surface area contributed by atoms with E-state index in [1.807, 2.05) is 30.7 Å². The molecule has 156 valence electrons. The fourth-order valence-electron chi connectivity index (χ4n) is 3.73. The van der Waals surface area contributed by atoms with E-state index in [9.17, 15) is 0 Å². The van der Waals surface area contributed by atoms with E-state index in [4.69, 9.17) is 14.5 Å². The molecule has 0 radical (unpaired) electrons. The van der Waals surface area contributed by atoms with Crippen LogP contribution in [-0.2, 0) is 20.1 Å². The van der Waals surface area contributed by atoms with E-state index in [-0.39, 0.29) is 0 Å². The van der Waals surface area contributed by atoms with Crippen LogP contribution in [0.15, 0.2) is 23.2 Å². The van der Waals surface area contributed by atoms with Crippen molar-refractivity contribution >= 4 is 5.96 Å². The molecular formula is C21H30N6O2. The van der Waals surface area contributed by atoms with Crippen LogP contribution in [0.2, 0.25) is 0 Å². The van der Waals surface area contributed by atoms with E-state index in [0.29, 0.717) is 32.3 Å². The highest BCUT2D eigenvalue weighted by molar-refractivity contribution is 5.80. The molecule has 2 N–H and O–H groups in total. The third-order valence-electron chi connectivity index (χ3n) is 5.55. The number of aliphatic imine (C=N–C) groups is 1. The van der Waals surface area contributed by atoms with Crippen LogP contribution in [0.5, 0.6) is 11.5 Å². The summed E-state index contributed by atoms with van der Waals surface area (Å²) in [5.74, 6) is 4.20. The van der Waals surface area contributed by atoms with E-state index in [1.54, 1.807) is 0 Å². The fraction of sp³-hybridized carbons (Fsp3) is 0.571. The van der Waals surface area contributed by atoms with Gasteiger partial charge in [0.05, 0.1) is 26.3 Å². The third-order valence-corrected chi connectivity index (χ3v) is 5.55. The largest absolute Gasteiger partial charge is 0.490 e. The van der Waals surface area contributed by atoms with Gasteiger partial charge in [-0.3, -0.25) is 0 Å². The first kappa shape index (κ1) is 19.5. The molecule has 2 aliphatic rings. The zero-order valence-corrected chi connectivity index (χ0v) is 17.3. The standard InChI is InChI=1S/C21H30N6O2/c1-15-25-26-19(27(15)2)14-23-21(24-17-8-3-4-9-17)22-13-16-7-5-10-18-20(16)29-12-6-11-28-18/h5,7,10,17H,3-4,6,8-9,11-14H2,1-2H3,(H2,22,23,24). The van der Waals surface area contributed by atoms with Crippen molar-refractivity contribution in [1.29, 1.82) is 0 Å². The number of nitrogens with one attached hydrogen (secondary N) is 2. The first-order valence-electron chi connectivity index (χ1n) is 10.5. The van der Waals surface area contributed by atoms with Crippen LogP contribution >= 0.6 is 0 Å². The molecule has 2 aromatic rings. The minimum atomic E-state index is 0.468. The topological polar surface area (TPSA) is 85.6 Å². The maximum Gasteiger partial charge on any atom is 0.192 e. The summed E-state index contributed by atoms with van der Waals surface area (Å²) in [4.78, 5) is 4.85. The SMILES string of the molecule is Cc1nnc(CNC(=NCc2cccc3c2OCCCO3)NC2CCCC2)n1C. The van der Waals surface area contributed by atoms with Gasteiger partial charge < -0.3 is 24.7 Å². The number of rotatable bonds is 5. The minimum absolute atomic E-state index is 0.468. The van der Waals surface area contributed by atoms with Crippen LogP contribution in [0.4, 0.5) is 0 Å². The van der Waals surface area contributed by atoms with E-state index in [0.717, 1.165) is 41.1 Å². The highest BCUT2D eigenvalue weighted by Gasteiger charge is 2.18. The number of hydrogen-bond acceptors (Lipinski definition) is 5. The molecule has 0 amide bonds. The molecule has 4 rings (SSSR count). The van der Waals surface area contributed by atoms with Crippen molar-refractivity contribution in [2.45, 2.75) is 58.2 Å². The molecule has 0 spiro atoms. The summed E-state index contributed by atoms with van der Waals surface area (Å²) in [5, 5.41) is 15.4. The Morgan fingerprint density at radius 3 is 2.79 bits per heavy atom. The maximum absolute atomic E-state index is 5.94. The van der Waals surface area contributed by atoms with Crippen molar-refractivity contribution in [3.05, 3.63) is 35.4 Å². The molecule has 1 saturated carbocycles. The van der Waals surface area contributed by atoms with Gasteiger partial charge in [-0.1, -0.05) is 25.0 Å². The van der Waals surface area contributed by atoms with Crippen molar-refractivity contribution in [3.63, 3.8) is 0 Å². The zero-order chi connectivity index (χ0) is 20.1. The number of aromatic nitrogens is 3. The predicted octanol–water partition coefficient (Wildman–Crippen LogP) is 2.46. The molecule has 8 heteroatoms. The quantitative estimate of drug-likeness (QED) is 0.594. The lowest BCUT2D eigenvalue weighted by atomic mass is 10.2. The Bertz CT molecular complexity index is 857. The van der Waals surface area contributed by atoms with Crippen molar-refractivity contribution in [1.82, 2.24) is 25.4 Å². The van der Waals surface area contributed by atoms with Crippen LogP contribution in [0.25, 0.3) is 0 Å². The monoisotopic (exact) mass is 398 g/mol. The number of hydrogen-bond donors (Lipinski definition) is 2. The van der Waals surface area contributed by atoms with Gasteiger partial charge in [0.15, 0.2) is 23.3 Å². The molecule has 0 saturated heterocycles. The normalized spacial score (nSPS) is 17.2.